The van der Waals surface area contributed by atoms with Gasteiger partial charge >= 0.3 is 0 Å². The molecular formula is C14H21N3O3S. The molecule has 6 nitrogen and oxygen atoms in total. The minimum absolute atomic E-state index is 0.0174. The van der Waals surface area contributed by atoms with E-state index in [0.717, 1.165) is 25.1 Å². The number of carbonyl (C=O) groups is 1. The van der Waals surface area contributed by atoms with Gasteiger partial charge in [-0.2, -0.15) is 0 Å². The highest BCUT2D eigenvalue weighted by atomic mass is 32.2. The van der Waals surface area contributed by atoms with Crippen LogP contribution in [0, 0.1) is 13.8 Å². The Morgan fingerprint density at radius 3 is 2.57 bits per heavy atom. The first-order valence-corrected chi connectivity index (χ1v) is 8.38. The number of amides is 1. The molecule has 1 fully saturated rings. The van der Waals surface area contributed by atoms with Crippen LogP contribution < -0.4 is 10.5 Å². The molecule has 1 atom stereocenters. The van der Waals surface area contributed by atoms with Crippen molar-refractivity contribution in [1.29, 1.82) is 0 Å². The molecule has 1 aromatic rings. The Labute approximate surface area is 125 Å². The third kappa shape index (κ3) is 3.25. The van der Waals surface area contributed by atoms with Gasteiger partial charge in [-0.25, -0.2) is 13.6 Å². The highest BCUT2D eigenvalue weighted by Gasteiger charge is 2.25. The lowest BCUT2D eigenvalue weighted by atomic mass is 10.0. The number of carbonyl (C=O) groups excluding carboxylic acids is 1. The quantitative estimate of drug-likeness (QED) is 0.844. The number of likely N-dealkylation sites (N-methyl/N-ethyl adjacent to an activating group) is 1. The molecule has 0 aromatic heterocycles. The average molecular weight is 311 g/mol. The number of benzene rings is 1. The van der Waals surface area contributed by atoms with Crippen LogP contribution in [0.5, 0.6) is 0 Å². The summed E-state index contributed by atoms with van der Waals surface area (Å²) in [7, 11) is -2.10. The van der Waals surface area contributed by atoms with E-state index in [1.54, 1.807) is 31.9 Å². The van der Waals surface area contributed by atoms with Crippen molar-refractivity contribution in [2.24, 2.45) is 5.14 Å². The van der Waals surface area contributed by atoms with Gasteiger partial charge in [-0.15, -0.1) is 0 Å². The SMILES string of the molecule is Cc1cc(C(=O)N(C)C2CCNC2)cc(S(N)(=O)=O)c1C. The molecule has 1 amide bonds. The summed E-state index contributed by atoms with van der Waals surface area (Å²) in [4.78, 5) is 14.2. The fourth-order valence-corrected chi connectivity index (χ4v) is 3.46. The first kappa shape index (κ1) is 15.9. The van der Waals surface area contributed by atoms with Gasteiger partial charge in [-0.1, -0.05) is 0 Å². The summed E-state index contributed by atoms with van der Waals surface area (Å²) in [6.45, 7) is 5.11. The molecule has 1 saturated heterocycles. The van der Waals surface area contributed by atoms with Crippen LogP contribution in [0.3, 0.4) is 0 Å². The van der Waals surface area contributed by atoms with Crippen LogP contribution in [-0.2, 0) is 10.0 Å². The number of rotatable bonds is 3. The summed E-state index contributed by atoms with van der Waals surface area (Å²) < 4.78 is 23.3. The minimum Gasteiger partial charge on any atom is -0.337 e. The molecule has 1 aliphatic heterocycles. The van der Waals surface area contributed by atoms with Crippen LogP contribution in [-0.4, -0.2) is 45.4 Å². The summed E-state index contributed by atoms with van der Waals surface area (Å²) in [5.41, 5.74) is 1.68. The van der Waals surface area contributed by atoms with E-state index in [2.05, 4.69) is 5.32 Å². The molecule has 0 radical (unpaired) electrons. The highest BCUT2D eigenvalue weighted by molar-refractivity contribution is 7.89. The minimum atomic E-state index is -3.84. The summed E-state index contributed by atoms with van der Waals surface area (Å²) in [5.74, 6) is -0.184. The van der Waals surface area contributed by atoms with Gasteiger partial charge in [0.25, 0.3) is 5.91 Å². The number of hydrogen-bond acceptors (Lipinski definition) is 4. The van der Waals surface area contributed by atoms with E-state index in [9.17, 15) is 13.2 Å². The number of primary sulfonamides is 1. The van der Waals surface area contributed by atoms with Crippen LogP contribution in [0.1, 0.15) is 27.9 Å². The predicted molar refractivity (Wildman–Crippen MR) is 80.7 cm³/mol. The van der Waals surface area contributed by atoms with Gasteiger partial charge in [0.1, 0.15) is 0 Å². The monoisotopic (exact) mass is 311 g/mol. The van der Waals surface area contributed by atoms with E-state index < -0.39 is 10.0 Å². The number of hydrogen-bond donors (Lipinski definition) is 2. The van der Waals surface area contributed by atoms with Crippen molar-refractivity contribution in [3.8, 4) is 0 Å². The third-order valence-corrected chi connectivity index (χ3v) is 5.11. The van der Waals surface area contributed by atoms with Crippen LogP contribution in [0.25, 0.3) is 0 Å². The number of nitrogens with two attached hydrogens (primary N) is 1. The molecule has 0 aliphatic carbocycles. The lowest BCUT2D eigenvalue weighted by Gasteiger charge is -2.24. The molecule has 0 spiro atoms. The Morgan fingerprint density at radius 1 is 1.38 bits per heavy atom. The Morgan fingerprint density at radius 2 is 2.05 bits per heavy atom. The van der Waals surface area contributed by atoms with Gasteiger partial charge in [-0.05, 0) is 50.1 Å². The van der Waals surface area contributed by atoms with Gasteiger partial charge in [0.05, 0.1) is 4.90 Å². The van der Waals surface area contributed by atoms with E-state index in [0.29, 0.717) is 11.1 Å². The van der Waals surface area contributed by atoms with Crippen molar-refractivity contribution in [1.82, 2.24) is 10.2 Å². The van der Waals surface area contributed by atoms with E-state index >= 15 is 0 Å². The summed E-state index contributed by atoms with van der Waals surface area (Å²) in [5, 5.41) is 8.44. The Hall–Kier alpha value is -1.44. The molecule has 1 aliphatic rings. The summed E-state index contributed by atoms with van der Waals surface area (Å²) in [6, 6.07) is 3.22. The molecule has 3 N–H and O–H groups in total. The maximum absolute atomic E-state index is 12.5. The topological polar surface area (TPSA) is 92.5 Å². The van der Waals surface area contributed by atoms with E-state index in [1.165, 1.54) is 6.07 Å². The standard InChI is InChI=1S/C14H21N3O3S/c1-9-6-11(7-13(10(9)2)21(15,19)20)14(18)17(3)12-4-5-16-8-12/h6-7,12,16H,4-5,8H2,1-3H3,(H2,15,19,20). The highest BCUT2D eigenvalue weighted by Crippen LogP contribution is 2.22. The Kier molecular flexibility index (Phi) is 4.36. The van der Waals surface area contributed by atoms with Crippen molar-refractivity contribution >= 4 is 15.9 Å². The summed E-state index contributed by atoms with van der Waals surface area (Å²) in [6.07, 6.45) is 0.898. The smallest absolute Gasteiger partial charge is 0.253 e. The molecule has 21 heavy (non-hydrogen) atoms. The maximum atomic E-state index is 12.5. The molecule has 1 heterocycles. The first-order valence-electron chi connectivity index (χ1n) is 6.83. The Balaban J connectivity index is 2.40. The number of nitrogens with one attached hydrogen (secondary N) is 1. The van der Waals surface area contributed by atoms with Crippen molar-refractivity contribution in [3.63, 3.8) is 0 Å². The van der Waals surface area contributed by atoms with Crippen molar-refractivity contribution in [2.45, 2.75) is 31.2 Å². The normalized spacial score (nSPS) is 18.8. The predicted octanol–water partition coefficient (Wildman–Crippen LogP) is 0.385. The Bertz CT molecular complexity index is 664. The largest absolute Gasteiger partial charge is 0.337 e. The van der Waals surface area contributed by atoms with E-state index in [1.807, 2.05) is 0 Å². The van der Waals surface area contributed by atoms with Gasteiger partial charge < -0.3 is 10.2 Å². The molecule has 2 rings (SSSR count). The second-order valence-electron chi connectivity index (χ2n) is 5.52. The average Bonchev–Trinajstić information content (AvgIpc) is 2.92. The van der Waals surface area contributed by atoms with Crippen molar-refractivity contribution in [3.05, 3.63) is 28.8 Å². The molecule has 0 saturated carbocycles. The van der Waals surface area contributed by atoms with E-state index in [4.69, 9.17) is 5.14 Å². The van der Waals surface area contributed by atoms with Gasteiger partial charge in [0, 0.05) is 25.2 Å². The number of sulfonamides is 1. The lowest BCUT2D eigenvalue weighted by molar-refractivity contribution is 0.0743. The fourth-order valence-electron chi connectivity index (χ4n) is 2.59. The van der Waals surface area contributed by atoms with Gasteiger partial charge in [0.2, 0.25) is 10.0 Å². The number of aryl methyl sites for hydroxylation is 1. The second kappa shape index (κ2) is 5.75. The molecule has 1 unspecified atom stereocenters. The molecule has 1 aromatic carbocycles. The second-order valence-corrected chi connectivity index (χ2v) is 7.05. The van der Waals surface area contributed by atoms with Crippen molar-refractivity contribution in [2.75, 3.05) is 20.1 Å². The van der Waals surface area contributed by atoms with E-state index in [-0.39, 0.29) is 16.8 Å². The third-order valence-electron chi connectivity index (χ3n) is 4.08. The molecule has 0 bridgehead atoms. The fraction of sp³-hybridized carbons (Fsp3) is 0.500. The zero-order valence-corrected chi connectivity index (χ0v) is 13.3. The first-order chi connectivity index (χ1) is 9.71. The van der Waals surface area contributed by atoms with Crippen LogP contribution in [0.4, 0.5) is 0 Å². The van der Waals surface area contributed by atoms with Gasteiger partial charge in [0.15, 0.2) is 0 Å². The van der Waals surface area contributed by atoms with Crippen molar-refractivity contribution < 1.29 is 13.2 Å². The summed E-state index contributed by atoms with van der Waals surface area (Å²) >= 11 is 0. The molecule has 7 heteroatoms. The maximum Gasteiger partial charge on any atom is 0.253 e. The molecule has 116 valence electrons. The lowest BCUT2D eigenvalue weighted by Crippen LogP contribution is -2.38. The zero-order valence-electron chi connectivity index (χ0n) is 12.5. The van der Waals surface area contributed by atoms with Gasteiger partial charge in [-0.3, -0.25) is 4.79 Å². The number of nitrogens with zero attached hydrogens (tertiary/aromatic N) is 1. The molecular weight excluding hydrogens is 290 g/mol. The van der Waals surface area contributed by atoms with Crippen LogP contribution in [0.15, 0.2) is 17.0 Å². The van der Waals surface area contributed by atoms with Crippen LogP contribution in [0.2, 0.25) is 0 Å². The zero-order chi connectivity index (χ0) is 15.8. The van der Waals surface area contributed by atoms with Crippen LogP contribution >= 0.6 is 0 Å².